The van der Waals surface area contributed by atoms with Gasteiger partial charge in [0.25, 0.3) is 0 Å². The Bertz CT molecular complexity index is 690. The van der Waals surface area contributed by atoms with Gasteiger partial charge < -0.3 is 14.9 Å². The van der Waals surface area contributed by atoms with E-state index in [2.05, 4.69) is 0 Å². The van der Waals surface area contributed by atoms with E-state index in [-0.39, 0.29) is 5.75 Å². The Morgan fingerprint density at radius 2 is 1.87 bits per heavy atom. The van der Waals surface area contributed by atoms with Crippen LogP contribution < -0.4 is 4.74 Å². The first kappa shape index (κ1) is 16.6. The van der Waals surface area contributed by atoms with Crippen molar-refractivity contribution in [3.8, 4) is 22.6 Å². The Balaban J connectivity index is 1.97. The average molecular weight is 312 g/mol. The van der Waals surface area contributed by atoms with Crippen molar-refractivity contribution < 1.29 is 19.7 Å². The molecule has 0 spiro atoms. The molecule has 0 aromatic heterocycles. The number of phenols is 1. The Hall–Kier alpha value is -2.75. The van der Waals surface area contributed by atoms with E-state index in [0.29, 0.717) is 30.8 Å². The summed E-state index contributed by atoms with van der Waals surface area (Å²) in [6.45, 7) is 1.98. The number of aliphatic carboxylic acids is 1. The van der Waals surface area contributed by atoms with Gasteiger partial charge in [-0.2, -0.15) is 0 Å². The number of unbranched alkanes of at least 4 members (excludes halogenated alkanes) is 1. The number of allylic oxidation sites excluding steroid dienone is 1. The van der Waals surface area contributed by atoms with E-state index in [1.165, 1.54) is 0 Å². The molecule has 0 aliphatic heterocycles. The fourth-order valence-corrected chi connectivity index (χ4v) is 2.16. The van der Waals surface area contributed by atoms with Crippen molar-refractivity contribution in [2.45, 2.75) is 19.8 Å². The quantitative estimate of drug-likeness (QED) is 0.592. The second-order valence-electron chi connectivity index (χ2n) is 5.20. The van der Waals surface area contributed by atoms with Gasteiger partial charge in [-0.3, -0.25) is 0 Å². The van der Waals surface area contributed by atoms with Gasteiger partial charge in [0.15, 0.2) is 11.5 Å². The van der Waals surface area contributed by atoms with Gasteiger partial charge in [0.2, 0.25) is 0 Å². The predicted octanol–water partition coefficient (Wildman–Crippen LogP) is 4.25. The first-order chi connectivity index (χ1) is 11.1. The topological polar surface area (TPSA) is 66.8 Å². The van der Waals surface area contributed by atoms with Crippen LogP contribution in [0.1, 0.15) is 19.8 Å². The van der Waals surface area contributed by atoms with Crippen molar-refractivity contribution in [1.29, 1.82) is 0 Å². The van der Waals surface area contributed by atoms with Crippen LogP contribution in [-0.4, -0.2) is 22.8 Å². The molecule has 0 heterocycles. The van der Waals surface area contributed by atoms with E-state index in [0.717, 1.165) is 11.1 Å². The third-order valence-electron chi connectivity index (χ3n) is 3.48. The monoisotopic (exact) mass is 312 g/mol. The van der Waals surface area contributed by atoms with Crippen LogP contribution in [0.3, 0.4) is 0 Å². The minimum absolute atomic E-state index is 0.121. The molecule has 0 amide bonds. The standard InChI is InChI=1S/C19H20O4/c1-14(19(21)22)8-5-6-13-23-17-12-7-11-16(18(17)20)15-9-3-2-4-10-15/h2-4,7-12,20H,5-6,13H2,1H3,(H,21,22). The number of para-hydroxylation sites is 1. The van der Waals surface area contributed by atoms with Crippen molar-refractivity contribution in [2.24, 2.45) is 0 Å². The summed E-state index contributed by atoms with van der Waals surface area (Å²) in [5.74, 6) is -0.347. The third kappa shape index (κ3) is 4.61. The fraction of sp³-hybridized carbons (Fsp3) is 0.211. The maximum atomic E-state index is 10.7. The summed E-state index contributed by atoms with van der Waals surface area (Å²) >= 11 is 0. The minimum atomic E-state index is -0.904. The average Bonchev–Trinajstić information content (AvgIpc) is 2.56. The van der Waals surface area contributed by atoms with Crippen molar-refractivity contribution >= 4 is 5.97 Å². The molecule has 0 aliphatic rings. The van der Waals surface area contributed by atoms with Crippen LogP contribution >= 0.6 is 0 Å². The smallest absolute Gasteiger partial charge is 0.330 e. The van der Waals surface area contributed by atoms with Gasteiger partial charge in [-0.05, 0) is 31.4 Å². The summed E-state index contributed by atoms with van der Waals surface area (Å²) in [5.41, 5.74) is 1.99. The van der Waals surface area contributed by atoms with E-state index >= 15 is 0 Å². The molecule has 23 heavy (non-hydrogen) atoms. The van der Waals surface area contributed by atoms with Crippen LogP contribution in [0.5, 0.6) is 11.5 Å². The van der Waals surface area contributed by atoms with Gasteiger partial charge in [-0.15, -0.1) is 0 Å². The lowest BCUT2D eigenvalue weighted by Crippen LogP contribution is -1.99. The van der Waals surface area contributed by atoms with E-state index in [4.69, 9.17) is 9.84 Å². The number of benzene rings is 2. The molecular weight excluding hydrogens is 292 g/mol. The van der Waals surface area contributed by atoms with Gasteiger partial charge in [0.05, 0.1) is 6.61 Å². The zero-order valence-electron chi connectivity index (χ0n) is 13.0. The summed E-state index contributed by atoms with van der Waals surface area (Å²) in [6, 6.07) is 15.0. The van der Waals surface area contributed by atoms with Crippen molar-refractivity contribution in [2.75, 3.05) is 6.61 Å². The lowest BCUT2D eigenvalue weighted by Gasteiger charge is -2.11. The van der Waals surface area contributed by atoms with Gasteiger partial charge in [0.1, 0.15) is 0 Å². The number of rotatable bonds is 7. The van der Waals surface area contributed by atoms with E-state index in [1.807, 2.05) is 42.5 Å². The number of hydrogen-bond donors (Lipinski definition) is 2. The highest BCUT2D eigenvalue weighted by Crippen LogP contribution is 2.36. The van der Waals surface area contributed by atoms with E-state index in [1.54, 1.807) is 19.1 Å². The number of aromatic hydroxyl groups is 1. The zero-order valence-corrected chi connectivity index (χ0v) is 13.0. The lowest BCUT2D eigenvalue weighted by atomic mass is 10.0. The molecule has 4 nitrogen and oxygen atoms in total. The Morgan fingerprint density at radius 3 is 2.57 bits per heavy atom. The summed E-state index contributed by atoms with van der Waals surface area (Å²) in [4.78, 5) is 10.7. The highest BCUT2D eigenvalue weighted by molar-refractivity contribution is 5.85. The van der Waals surface area contributed by atoms with Crippen molar-refractivity contribution in [1.82, 2.24) is 0 Å². The highest BCUT2D eigenvalue weighted by atomic mass is 16.5. The molecule has 120 valence electrons. The molecule has 0 radical (unpaired) electrons. The molecule has 0 bridgehead atoms. The second-order valence-corrected chi connectivity index (χ2v) is 5.20. The maximum Gasteiger partial charge on any atom is 0.330 e. The van der Waals surface area contributed by atoms with Crippen molar-refractivity contribution in [3.05, 3.63) is 60.2 Å². The SMILES string of the molecule is CC(=CCCCOc1cccc(-c2ccccc2)c1O)C(=O)O. The van der Waals surface area contributed by atoms with Crippen LogP contribution in [0.25, 0.3) is 11.1 Å². The predicted molar refractivity (Wildman–Crippen MR) is 89.7 cm³/mol. The summed E-state index contributed by atoms with van der Waals surface area (Å²) in [7, 11) is 0. The summed E-state index contributed by atoms with van der Waals surface area (Å²) in [6.07, 6.45) is 2.98. The van der Waals surface area contributed by atoms with E-state index in [9.17, 15) is 9.90 Å². The fourth-order valence-electron chi connectivity index (χ4n) is 2.16. The maximum absolute atomic E-state index is 10.7. The molecule has 0 fully saturated rings. The largest absolute Gasteiger partial charge is 0.504 e. The Kier molecular flexibility index (Phi) is 5.80. The number of hydrogen-bond acceptors (Lipinski definition) is 3. The van der Waals surface area contributed by atoms with Crippen LogP contribution in [0.2, 0.25) is 0 Å². The number of carboxylic acid groups (broad SMARTS) is 1. The highest BCUT2D eigenvalue weighted by Gasteiger charge is 2.09. The second kappa shape index (κ2) is 8.03. The minimum Gasteiger partial charge on any atom is -0.504 e. The van der Waals surface area contributed by atoms with Gasteiger partial charge in [-0.1, -0.05) is 48.5 Å². The molecule has 2 rings (SSSR count). The van der Waals surface area contributed by atoms with Crippen LogP contribution in [-0.2, 0) is 4.79 Å². The van der Waals surface area contributed by atoms with Crippen LogP contribution in [0, 0.1) is 0 Å². The van der Waals surface area contributed by atoms with Crippen LogP contribution in [0.15, 0.2) is 60.2 Å². The molecule has 0 saturated carbocycles. The number of carbonyl (C=O) groups is 1. The third-order valence-corrected chi connectivity index (χ3v) is 3.48. The molecule has 2 aromatic carbocycles. The molecule has 0 saturated heterocycles. The number of phenolic OH excluding ortho intramolecular Hbond substituents is 1. The summed E-state index contributed by atoms with van der Waals surface area (Å²) in [5, 5.41) is 19.1. The molecule has 4 heteroatoms. The number of carboxylic acids is 1. The zero-order chi connectivity index (χ0) is 16.7. The summed E-state index contributed by atoms with van der Waals surface area (Å²) < 4.78 is 5.61. The molecule has 0 aliphatic carbocycles. The molecule has 2 N–H and O–H groups in total. The van der Waals surface area contributed by atoms with Crippen molar-refractivity contribution in [3.63, 3.8) is 0 Å². The Morgan fingerprint density at radius 1 is 1.13 bits per heavy atom. The first-order valence-electron chi connectivity index (χ1n) is 7.50. The molecule has 0 unspecified atom stereocenters. The van der Waals surface area contributed by atoms with Gasteiger partial charge in [-0.25, -0.2) is 4.79 Å². The van der Waals surface area contributed by atoms with E-state index < -0.39 is 5.97 Å². The molecule has 0 atom stereocenters. The Labute approximate surface area is 135 Å². The molecular formula is C19H20O4. The number of ether oxygens (including phenoxy) is 1. The van der Waals surface area contributed by atoms with Gasteiger partial charge in [0, 0.05) is 11.1 Å². The van der Waals surface area contributed by atoms with Gasteiger partial charge >= 0.3 is 5.97 Å². The molecule has 2 aromatic rings. The van der Waals surface area contributed by atoms with Crippen LogP contribution in [0.4, 0.5) is 0 Å². The first-order valence-corrected chi connectivity index (χ1v) is 7.50. The lowest BCUT2D eigenvalue weighted by molar-refractivity contribution is -0.132. The normalized spacial score (nSPS) is 11.3.